The molecule has 1 N–H and O–H groups in total. The first-order chi connectivity index (χ1) is 13.0. The molecule has 4 rings (SSSR count). The Kier molecular flexibility index (Phi) is 6.37. The maximum absolute atomic E-state index is 13.9. The van der Waals surface area contributed by atoms with E-state index in [2.05, 4.69) is 5.32 Å². The Hall–Kier alpha value is -1.96. The monoisotopic (exact) mass is 414 g/mol. The highest BCUT2D eigenvalue weighted by atomic mass is 35.5. The topological polar surface area (TPSA) is 33.7 Å². The molecule has 2 aromatic carbocycles. The first-order valence-corrected chi connectivity index (χ1v) is 9.07. The molecule has 2 saturated heterocycles. The number of morpholine rings is 1. The first kappa shape index (κ1) is 20.8. The van der Waals surface area contributed by atoms with E-state index in [9.17, 15) is 13.2 Å². The lowest BCUT2D eigenvalue weighted by Crippen LogP contribution is -2.55. The van der Waals surface area contributed by atoms with Crippen LogP contribution in [0.15, 0.2) is 36.4 Å². The minimum Gasteiger partial charge on any atom is -0.455 e. The largest absolute Gasteiger partial charge is 0.455 e. The average Bonchev–Trinajstić information content (AvgIpc) is 2.66. The molecule has 2 fully saturated rings. The second-order valence-electron chi connectivity index (χ2n) is 6.99. The van der Waals surface area contributed by atoms with Gasteiger partial charge in [-0.25, -0.2) is 13.2 Å². The molecule has 4 nitrogen and oxygen atoms in total. The number of benzene rings is 2. The summed E-state index contributed by atoms with van der Waals surface area (Å²) in [7, 11) is 0. The van der Waals surface area contributed by atoms with Crippen LogP contribution in [0, 0.1) is 17.5 Å². The van der Waals surface area contributed by atoms with Crippen LogP contribution < -0.4 is 15.0 Å². The molecule has 0 amide bonds. The molecular formula is C20H22ClF3N2O2. The highest BCUT2D eigenvalue weighted by Crippen LogP contribution is 2.38. The van der Waals surface area contributed by atoms with Gasteiger partial charge >= 0.3 is 0 Å². The van der Waals surface area contributed by atoms with Crippen molar-refractivity contribution >= 4 is 18.1 Å². The number of ether oxygens (including phenoxy) is 2. The van der Waals surface area contributed by atoms with Gasteiger partial charge < -0.3 is 19.7 Å². The molecule has 152 valence electrons. The van der Waals surface area contributed by atoms with Crippen molar-refractivity contribution in [2.45, 2.75) is 18.4 Å². The Morgan fingerprint density at radius 2 is 1.79 bits per heavy atom. The van der Waals surface area contributed by atoms with Crippen LogP contribution in [0.25, 0.3) is 0 Å². The smallest absolute Gasteiger partial charge is 0.162 e. The molecule has 0 bridgehead atoms. The van der Waals surface area contributed by atoms with Gasteiger partial charge in [-0.2, -0.15) is 0 Å². The van der Waals surface area contributed by atoms with E-state index >= 15 is 0 Å². The van der Waals surface area contributed by atoms with Gasteiger partial charge in [0.2, 0.25) is 0 Å². The van der Waals surface area contributed by atoms with Crippen molar-refractivity contribution in [3.63, 3.8) is 0 Å². The Morgan fingerprint density at radius 1 is 1.04 bits per heavy atom. The molecule has 2 aliphatic rings. The predicted octanol–water partition coefficient (Wildman–Crippen LogP) is 4.28. The molecule has 1 spiro atoms. The SMILES string of the molecule is Cl.Fc1cccc(Oc2cc(F)c(F)cc2N2CCC3(CC2)CNCCO3)c1. The summed E-state index contributed by atoms with van der Waals surface area (Å²) in [6.07, 6.45) is 1.55. The molecule has 8 heteroatoms. The van der Waals surface area contributed by atoms with E-state index < -0.39 is 17.5 Å². The molecule has 2 aromatic rings. The van der Waals surface area contributed by atoms with E-state index in [0.29, 0.717) is 25.4 Å². The molecule has 0 aliphatic carbocycles. The summed E-state index contributed by atoms with van der Waals surface area (Å²) in [4.78, 5) is 1.96. The summed E-state index contributed by atoms with van der Waals surface area (Å²) in [5.74, 6) is -2.00. The minimum atomic E-state index is -1.00. The van der Waals surface area contributed by atoms with E-state index in [-0.39, 0.29) is 29.5 Å². The number of nitrogens with one attached hydrogen (secondary N) is 1. The van der Waals surface area contributed by atoms with E-state index in [4.69, 9.17) is 9.47 Å². The third kappa shape index (κ3) is 4.37. The highest BCUT2D eigenvalue weighted by Gasteiger charge is 2.37. The molecule has 2 aliphatic heterocycles. The van der Waals surface area contributed by atoms with Crippen LogP contribution in [0.5, 0.6) is 11.5 Å². The van der Waals surface area contributed by atoms with Crippen molar-refractivity contribution in [3.05, 3.63) is 53.8 Å². The van der Waals surface area contributed by atoms with Crippen LogP contribution in [0.1, 0.15) is 12.8 Å². The Labute approximate surface area is 168 Å². The fourth-order valence-corrected chi connectivity index (χ4v) is 3.69. The van der Waals surface area contributed by atoms with Gasteiger partial charge in [0.1, 0.15) is 11.6 Å². The predicted molar refractivity (Wildman–Crippen MR) is 103 cm³/mol. The lowest BCUT2D eigenvalue weighted by Gasteiger charge is -2.45. The number of piperidine rings is 1. The summed E-state index contributed by atoms with van der Waals surface area (Å²) in [5, 5.41) is 3.35. The van der Waals surface area contributed by atoms with Gasteiger partial charge in [-0.15, -0.1) is 12.4 Å². The Bertz CT molecular complexity index is 821. The van der Waals surface area contributed by atoms with Gasteiger partial charge in [-0.1, -0.05) is 6.07 Å². The molecular weight excluding hydrogens is 393 g/mol. The zero-order valence-corrected chi connectivity index (χ0v) is 16.0. The lowest BCUT2D eigenvalue weighted by molar-refractivity contribution is -0.0800. The molecule has 0 atom stereocenters. The standard InChI is InChI=1S/C20H21F3N2O2.ClH/c21-14-2-1-3-15(10-14)27-19-12-17(23)16(22)11-18(19)25-7-4-20(5-8-25)13-24-6-9-26-20;/h1-3,10-12,24H,4-9,13H2;1H. The van der Waals surface area contributed by atoms with Gasteiger partial charge in [0.05, 0.1) is 17.9 Å². The van der Waals surface area contributed by atoms with Gasteiger partial charge in [0, 0.05) is 44.4 Å². The highest BCUT2D eigenvalue weighted by molar-refractivity contribution is 5.85. The fourth-order valence-electron chi connectivity index (χ4n) is 3.69. The average molecular weight is 415 g/mol. The fraction of sp³-hybridized carbons (Fsp3) is 0.400. The van der Waals surface area contributed by atoms with Crippen molar-refractivity contribution in [3.8, 4) is 11.5 Å². The summed E-state index contributed by atoms with van der Waals surface area (Å²) < 4.78 is 52.8. The van der Waals surface area contributed by atoms with Gasteiger partial charge in [-0.3, -0.25) is 0 Å². The van der Waals surface area contributed by atoms with Crippen molar-refractivity contribution in [1.29, 1.82) is 0 Å². The van der Waals surface area contributed by atoms with Crippen molar-refractivity contribution in [2.75, 3.05) is 37.7 Å². The lowest BCUT2D eigenvalue weighted by atomic mass is 9.89. The van der Waals surface area contributed by atoms with Crippen LogP contribution in [0.4, 0.5) is 18.9 Å². The molecule has 2 heterocycles. The van der Waals surface area contributed by atoms with Crippen molar-refractivity contribution < 1.29 is 22.6 Å². The Balaban J connectivity index is 0.00000225. The van der Waals surface area contributed by atoms with Crippen LogP contribution in [0.3, 0.4) is 0 Å². The van der Waals surface area contributed by atoms with Crippen molar-refractivity contribution in [1.82, 2.24) is 5.32 Å². The van der Waals surface area contributed by atoms with Crippen LogP contribution in [-0.4, -0.2) is 38.4 Å². The van der Waals surface area contributed by atoms with Gasteiger partial charge in [0.15, 0.2) is 17.4 Å². The zero-order chi connectivity index (χ0) is 18.9. The minimum absolute atomic E-state index is 0. The van der Waals surface area contributed by atoms with Crippen LogP contribution in [-0.2, 0) is 4.74 Å². The summed E-state index contributed by atoms with van der Waals surface area (Å²) in [5.41, 5.74) is 0.258. The molecule has 0 aromatic heterocycles. The number of hydrogen-bond acceptors (Lipinski definition) is 4. The zero-order valence-electron chi connectivity index (χ0n) is 15.2. The van der Waals surface area contributed by atoms with Gasteiger partial charge in [-0.05, 0) is 25.0 Å². The van der Waals surface area contributed by atoms with E-state index in [1.54, 1.807) is 6.07 Å². The number of rotatable bonds is 3. The second-order valence-corrected chi connectivity index (χ2v) is 6.99. The first-order valence-electron chi connectivity index (χ1n) is 9.07. The number of anilines is 1. The number of hydrogen-bond donors (Lipinski definition) is 1. The molecule has 0 unspecified atom stereocenters. The summed E-state index contributed by atoms with van der Waals surface area (Å²) in [6, 6.07) is 7.72. The molecule has 28 heavy (non-hydrogen) atoms. The number of nitrogens with zero attached hydrogens (tertiary/aromatic N) is 1. The summed E-state index contributed by atoms with van der Waals surface area (Å²) >= 11 is 0. The van der Waals surface area contributed by atoms with Gasteiger partial charge in [0.25, 0.3) is 0 Å². The maximum Gasteiger partial charge on any atom is 0.162 e. The maximum atomic E-state index is 13.9. The summed E-state index contributed by atoms with van der Waals surface area (Å²) in [6.45, 7) is 3.59. The van der Waals surface area contributed by atoms with Crippen LogP contribution >= 0.6 is 12.4 Å². The molecule has 0 saturated carbocycles. The van der Waals surface area contributed by atoms with E-state index in [1.165, 1.54) is 18.2 Å². The molecule has 0 radical (unpaired) electrons. The second kappa shape index (κ2) is 8.59. The van der Waals surface area contributed by atoms with E-state index in [1.807, 2.05) is 4.90 Å². The van der Waals surface area contributed by atoms with Crippen molar-refractivity contribution in [2.24, 2.45) is 0 Å². The quantitative estimate of drug-likeness (QED) is 0.813. The third-order valence-electron chi connectivity index (χ3n) is 5.18. The third-order valence-corrected chi connectivity index (χ3v) is 5.18. The number of halogens is 4. The Morgan fingerprint density at radius 3 is 2.46 bits per heavy atom. The van der Waals surface area contributed by atoms with E-state index in [0.717, 1.165) is 38.1 Å². The van der Waals surface area contributed by atoms with Crippen LogP contribution in [0.2, 0.25) is 0 Å². The normalized spacial score (nSPS) is 18.6.